The molecular weight excluding hydrogens is 333 g/mol. The number of nitrogens with zero attached hydrogens (tertiary/aromatic N) is 2. The van der Waals surface area contributed by atoms with Crippen molar-refractivity contribution < 1.29 is 8.42 Å². The number of sulfonamides is 1. The minimum Gasteiger partial charge on any atom is -0.275 e. The molecule has 102 valence electrons. The summed E-state index contributed by atoms with van der Waals surface area (Å²) in [7, 11) is -2.29. The zero-order valence-electron chi connectivity index (χ0n) is 9.56. The molecule has 1 N–H and O–H groups in total. The Bertz CT molecular complexity index is 728. The minimum atomic E-state index is -3.88. The van der Waals surface area contributed by atoms with Gasteiger partial charge in [0.2, 0.25) is 0 Å². The molecule has 2 aromatic rings. The molecule has 0 aliphatic carbocycles. The second-order valence-electron chi connectivity index (χ2n) is 3.63. The van der Waals surface area contributed by atoms with Gasteiger partial charge >= 0.3 is 0 Å². The maximum absolute atomic E-state index is 12.2. The lowest BCUT2D eigenvalue weighted by Crippen LogP contribution is -2.13. The number of benzene rings is 1. The van der Waals surface area contributed by atoms with Gasteiger partial charge in [-0.3, -0.25) is 9.40 Å². The van der Waals surface area contributed by atoms with Crippen molar-refractivity contribution in [3.8, 4) is 0 Å². The molecule has 1 aromatic carbocycles. The van der Waals surface area contributed by atoms with E-state index in [1.807, 2.05) is 0 Å². The normalized spacial score (nSPS) is 11.6. The van der Waals surface area contributed by atoms with E-state index < -0.39 is 10.0 Å². The van der Waals surface area contributed by atoms with Crippen LogP contribution in [0.3, 0.4) is 0 Å². The molecule has 0 saturated heterocycles. The summed E-state index contributed by atoms with van der Waals surface area (Å²) in [6, 6.07) is 4.34. The molecule has 0 spiro atoms. The van der Waals surface area contributed by atoms with Crippen LogP contribution in [0.2, 0.25) is 15.2 Å². The first-order valence-electron chi connectivity index (χ1n) is 4.97. The van der Waals surface area contributed by atoms with Gasteiger partial charge in [0, 0.05) is 7.05 Å². The topological polar surface area (TPSA) is 64.0 Å². The highest BCUT2D eigenvalue weighted by Gasteiger charge is 2.21. The lowest BCUT2D eigenvalue weighted by molar-refractivity contribution is 0.601. The van der Waals surface area contributed by atoms with Crippen molar-refractivity contribution in [1.82, 2.24) is 9.78 Å². The molecule has 0 amide bonds. The van der Waals surface area contributed by atoms with Gasteiger partial charge in [0.15, 0.2) is 5.15 Å². The molecule has 19 heavy (non-hydrogen) atoms. The van der Waals surface area contributed by atoms with E-state index >= 15 is 0 Å². The fourth-order valence-corrected chi connectivity index (χ4v) is 3.39. The van der Waals surface area contributed by atoms with Gasteiger partial charge in [0.25, 0.3) is 10.0 Å². The van der Waals surface area contributed by atoms with Crippen LogP contribution in [0.5, 0.6) is 0 Å². The summed E-state index contributed by atoms with van der Waals surface area (Å²) in [5.41, 5.74) is 0.167. The van der Waals surface area contributed by atoms with Crippen molar-refractivity contribution in [2.75, 3.05) is 4.72 Å². The molecule has 0 fully saturated rings. The number of hydrogen-bond donors (Lipinski definition) is 1. The van der Waals surface area contributed by atoms with E-state index in [2.05, 4.69) is 9.82 Å². The van der Waals surface area contributed by atoms with Crippen molar-refractivity contribution >= 4 is 50.5 Å². The highest BCUT2D eigenvalue weighted by atomic mass is 35.5. The van der Waals surface area contributed by atoms with Gasteiger partial charge in [-0.15, -0.1) is 0 Å². The van der Waals surface area contributed by atoms with Gasteiger partial charge < -0.3 is 0 Å². The third-order valence-corrected chi connectivity index (χ3v) is 5.10. The number of halogens is 3. The van der Waals surface area contributed by atoms with Crippen LogP contribution in [0.4, 0.5) is 5.69 Å². The molecule has 9 heteroatoms. The quantitative estimate of drug-likeness (QED) is 0.933. The van der Waals surface area contributed by atoms with Crippen molar-refractivity contribution in [3.05, 3.63) is 39.6 Å². The van der Waals surface area contributed by atoms with Gasteiger partial charge in [-0.25, -0.2) is 8.42 Å². The van der Waals surface area contributed by atoms with Crippen LogP contribution in [0.25, 0.3) is 0 Å². The molecule has 0 bridgehead atoms. The maximum Gasteiger partial charge on any atom is 0.263 e. The van der Waals surface area contributed by atoms with Crippen molar-refractivity contribution in [3.63, 3.8) is 0 Å². The summed E-state index contributed by atoms with van der Waals surface area (Å²) >= 11 is 17.6. The Kier molecular flexibility index (Phi) is 3.96. The monoisotopic (exact) mass is 339 g/mol. The molecular formula is C10H8Cl3N3O2S. The predicted molar refractivity (Wildman–Crippen MR) is 75.5 cm³/mol. The lowest BCUT2D eigenvalue weighted by Gasteiger charge is -2.09. The summed E-state index contributed by atoms with van der Waals surface area (Å²) in [6.45, 7) is 0. The zero-order chi connectivity index (χ0) is 14.2. The average Bonchev–Trinajstić information content (AvgIpc) is 2.64. The van der Waals surface area contributed by atoms with E-state index in [9.17, 15) is 8.42 Å². The fourth-order valence-electron chi connectivity index (χ4n) is 1.38. The predicted octanol–water partition coefficient (Wildman–Crippen LogP) is 3.18. The Labute approximate surface area is 125 Å². The maximum atomic E-state index is 12.2. The summed E-state index contributed by atoms with van der Waals surface area (Å²) < 4.78 is 28.0. The first-order valence-corrected chi connectivity index (χ1v) is 7.59. The second kappa shape index (κ2) is 5.20. The summed E-state index contributed by atoms with van der Waals surface area (Å²) in [6.07, 6.45) is 1.30. The van der Waals surface area contributed by atoms with Crippen LogP contribution in [0, 0.1) is 0 Å². The largest absolute Gasteiger partial charge is 0.275 e. The molecule has 2 rings (SSSR count). The van der Waals surface area contributed by atoms with Crippen LogP contribution in [0.1, 0.15) is 0 Å². The van der Waals surface area contributed by atoms with Crippen LogP contribution in [0.15, 0.2) is 29.3 Å². The van der Waals surface area contributed by atoms with Crippen LogP contribution in [-0.4, -0.2) is 18.2 Å². The van der Waals surface area contributed by atoms with Crippen LogP contribution in [-0.2, 0) is 17.1 Å². The number of aromatic nitrogens is 2. The van der Waals surface area contributed by atoms with Gasteiger partial charge in [0.05, 0.1) is 16.2 Å². The summed E-state index contributed by atoms with van der Waals surface area (Å²) in [5, 5.41) is 4.11. The second-order valence-corrected chi connectivity index (χ2v) is 6.42. The Balaban J connectivity index is 2.44. The molecule has 0 aliphatic heterocycles. The zero-order valence-corrected chi connectivity index (χ0v) is 12.6. The fraction of sp³-hybridized carbons (Fsp3) is 0.100. The Morgan fingerprint density at radius 3 is 2.53 bits per heavy atom. The smallest absolute Gasteiger partial charge is 0.263 e. The van der Waals surface area contributed by atoms with E-state index in [1.165, 1.54) is 29.1 Å². The highest BCUT2D eigenvalue weighted by Crippen LogP contribution is 2.31. The molecule has 0 unspecified atom stereocenters. The number of rotatable bonds is 3. The van der Waals surface area contributed by atoms with Crippen LogP contribution >= 0.6 is 34.8 Å². The van der Waals surface area contributed by atoms with E-state index in [0.717, 1.165) is 0 Å². The van der Waals surface area contributed by atoms with Gasteiger partial charge in [-0.1, -0.05) is 40.9 Å². The van der Waals surface area contributed by atoms with E-state index in [-0.39, 0.29) is 25.8 Å². The molecule has 1 aromatic heterocycles. The van der Waals surface area contributed by atoms with E-state index in [0.29, 0.717) is 0 Å². The third-order valence-electron chi connectivity index (χ3n) is 2.32. The average molecular weight is 341 g/mol. The van der Waals surface area contributed by atoms with Crippen molar-refractivity contribution in [2.45, 2.75) is 4.90 Å². The summed E-state index contributed by atoms with van der Waals surface area (Å²) in [4.78, 5) is -0.124. The number of nitrogens with one attached hydrogen (secondary N) is 1. The van der Waals surface area contributed by atoms with Gasteiger partial charge in [-0.2, -0.15) is 5.10 Å². The third kappa shape index (κ3) is 2.81. The molecule has 1 heterocycles. The number of aryl methyl sites for hydroxylation is 1. The van der Waals surface area contributed by atoms with E-state index in [4.69, 9.17) is 34.8 Å². The Morgan fingerprint density at radius 1 is 1.26 bits per heavy atom. The molecule has 0 aliphatic rings. The van der Waals surface area contributed by atoms with Crippen LogP contribution < -0.4 is 4.72 Å². The SMILES string of the molecule is Cn1ncc(NS(=O)(=O)c2cccc(Cl)c2Cl)c1Cl. The number of anilines is 1. The highest BCUT2D eigenvalue weighted by molar-refractivity contribution is 7.92. The molecule has 0 radical (unpaired) electrons. The Morgan fingerprint density at radius 2 is 1.95 bits per heavy atom. The van der Waals surface area contributed by atoms with Crippen molar-refractivity contribution in [1.29, 1.82) is 0 Å². The van der Waals surface area contributed by atoms with Crippen molar-refractivity contribution in [2.24, 2.45) is 7.05 Å². The molecule has 5 nitrogen and oxygen atoms in total. The summed E-state index contributed by atoms with van der Waals surface area (Å²) in [5.74, 6) is 0. The molecule has 0 atom stereocenters. The standard InChI is InChI=1S/C10H8Cl3N3O2S/c1-16-10(13)7(5-14-16)15-19(17,18)8-4-2-3-6(11)9(8)12/h2-5,15H,1H3. The van der Waals surface area contributed by atoms with Gasteiger partial charge in [-0.05, 0) is 12.1 Å². The first kappa shape index (κ1) is 14.5. The Hall–Kier alpha value is -0.950. The van der Waals surface area contributed by atoms with E-state index in [1.54, 1.807) is 7.05 Å². The minimum absolute atomic E-state index is 0.0447. The lowest BCUT2D eigenvalue weighted by atomic mass is 10.4. The number of hydrogen-bond acceptors (Lipinski definition) is 3. The first-order chi connectivity index (χ1) is 8.83. The molecule has 0 saturated carbocycles. The van der Waals surface area contributed by atoms with Gasteiger partial charge in [0.1, 0.15) is 10.6 Å².